The smallest absolute Gasteiger partial charge is 0.231 e. The molecule has 1 aliphatic heterocycles. The van der Waals surface area contributed by atoms with E-state index in [1.54, 1.807) is 0 Å². The zero-order valence-electron chi connectivity index (χ0n) is 12.1. The number of benzene rings is 1. The SMILES string of the molecule is CCCCNC(=O)CCCCc1ccc2c(c1)OCO2. The molecule has 1 N–H and O–H groups in total. The molecule has 4 nitrogen and oxygen atoms in total. The lowest BCUT2D eigenvalue weighted by molar-refractivity contribution is -0.121. The molecule has 1 aromatic carbocycles. The van der Waals surface area contributed by atoms with Crippen molar-refractivity contribution in [1.29, 1.82) is 0 Å². The minimum atomic E-state index is 0.170. The number of fused-ring (bicyclic) bond motifs is 1. The molecule has 0 aromatic heterocycles. The molecule has 0 fully saturated rings. The average molecular weight is 277 g/mol. The van der Waals surface area contributed by atoms with Crippen LogP contribution in [0.2, 0.25) is 0 Å². The number of carbonyl (C=O) groups excluding carboxylic acids is 1. The fourth-order valence-electron chi connectivity index (χ4n) is 2.20. The number of unbranched alkanes of at least 4 members (excludes halogenated alkanes) is 2. The number of carbonyl (C=O) groups is 1. The van der Waals surface area contributed by atoms with Gasteiger partial charge in [0.05, 0.1) is 0 Å². The van der Waals surface area contributed by atoms with E-state index in [4.69, 9.17) is 9.47 Å². The quantitative estimate of drug-likeness (QED) is 0.743. The number of nitrogens with one attached hydrogen (secondary N) is 1. The van der Waals surface area contributed by atoms with Crippen LogP contribution in [0.5, 0.6) is 11.5 Å². The van der Waals surface area contributed by atoms with E-state index in [-0.39, 0.29) is 5.91 Å². The maximum atomic E-state index is 11.5. The summed E-state index contributed by atoms with van der Waals surface area (Å²) in [6.45, 7) is 3.24. The van der Waals surface area contributed by atoms with Crippen LogP contribution in [0.3, 0.4) is 0 Å². The Morgan fingerprint density at radius 1 is 1.20 bits per heavy atom. The second-order valence-electron chi connectivity index (χ2n) is 5.10. The van der Waals surface area contributed by atoms with Gasteiger partial charge in [0.2, 0.25) is 12.7 Å². The van der Waals surface area contributed by atoms with Crippen molar-refractivity contribution in [3.8, 4) is 11.5 Å². The van der Waals surface area contributed by atoms with Gasteiger partial charge >= 0.3 is 0 Å². The molecule has 1 heterocycles. The molecule has 110 valence electrons. The van der Waals surface area contributed by atoms with Crippen LogP contribution in [0, 0.1) is 0 Å². The Morgan fingerprint density at radius 2 is 2.05 bits per heavy atom. The summed E-state index contributed by atoms with van der Waals surface area (Å²) in [5.74, 6) is 1.83. The number of amides is 1. The number of rotatable bonds is 8. The third-order valence-corrected chi connectivity index (χ3v) is 3.41. The Labute approximate surface area is 120 Å². The van der Waals surface area contributed by atoms with Crippen LogP contribution in [-0.4, -0.2) is 19.2 Å². The normalized spacial score (nSPS) is 12.4. The zero-order chi connectivity index (χ0) is 14.2. The van der Waals surface area contributed by atoms with Crippen molar-refractivity contribution in [1.82, 2.24) is 5.32 Å². The first-order valence-electron chi connectivity index (χ1n) is 7.45. The van der Waals surface area contributed by atoms with Gasteiger partial charge in [-0.3, -0.25) is 4.79 Å². The third-order valence-electron chi connectivity index (χ3n) is 3.41. The van der Waals surface area contributed by atoms with Crippen LogP contribution in [0.1, 0.15) is 44.6 Å². The van der Waals surface area contributed by atoms with Crippen LogP contribution < -0.4 is 14.8 Å². The molecule has 1 amide bonds. The van der Waals surface area contributed by atoms with E-state index in [0.29, 0.717) is 13.2 Å². The molecule has 2 rings (SSSR count). The summed E-state index contributed by atoms with van der Waals surface area (Å²) in [6, 6.07) is 6.05. The van der Waals surface area contributed by atoms with Gasteiger partial charge in [0, 0.05) is 13.0 Å². The highest BCUT2D eigenvalue weighted by Gasteiger charge is 2.12. The number of hydrogen-bond donors (Lipinski definition) is 1. The Bertz CT molecular complexity index is 445. The first kappa shape index (κ1) is 14.7. The number of ether oxygens (including phenoxy) is 2. The molecular formula is C16H23NO3. The minimum Gasteiger partial charge on any atom is -0.454 e. The van der Waals surface area contributed by atoms with Crippen molar-refractivity contribution >= 4 is 5.91 Å². The Balaban J connectivity index is 1.62. The van der Waals surface area contributed by atoms with Crippen molar-refractivity contribution in [2.45, 2.75) is 45.4 Å². The maximum Gasteiger partial charge on any atom is 0.231 e. The lowest BCUT2D eigenvalue weighted by Gasteiger charge is -2.05. The van der Waals surface area contributed by atoms with E-state index < -0.39 is 0 Å². The van der Waals surface area contributed by atoms with E-state index in [9.17, 15) is 4.79 Å². The Kier molecular flexibility index (Phi) is 5.71. The largest absolute Gasteiger partial charge is 0.454 e. The summed E-state index contributed by atoms with van der Waals surface area (Å²) in [7, 11) is 0. The van der Waals surface area contributed by atoms with Crippen molar-refractivity contribution in [2.24, 2.45) is 0 Å². The maximum absolute atomic E-state index is 11.5. The van der Waals surface area contributed by atoms with Crippen LogP contribution in [-0.2, 0) is 11.2 Å². The standard InChI is InChI=1S/C16H23NO3/c1-2-3-10-17-16(18)7-5-4-6-13-8-9-14-15(11-13)20-12-19-14/h8-9,11H,2-7,10,12H2,1H3,(H,17,18). The number of aryl methyl sites for hydroxylation is 1. The van der Waals surface area contributed by atoms with Gasteiger partial charge in [-0.1, -0.05) is 19.4 Å². The molecule has 0 bridgehead atoms. The van der Waals surface area contributed by atoms with Gasteiger partial charge in [-0.25, -0.2) is 0 Å². The molecular weight excluding hydrogens is 254 g/mol. The highest BCUT2D eigenvalue weighted by molar-refractivity contribution is 5.75. The fourth-order valence-corrected chi connectivity index (χ4v) is 2.20. The van der Waals surface area contributed by atoms with Gasteiger partial charge in [-0.15, -0.1) is 0 Å². The van der Waals surface area contributed by atoms with Gasteiger partial charge < -0.3 is 14.8 Å². The predicted octanol–water partition coefficient (Wildman–Crippen LogP) is 3.04. The Morgan fingerprint density at radius 3 is 2.90 bits per heavy atom. The lowest BCUT2D eigenvalue weighted by atomic mass is 10.1. The van der Waals surface area contributed by atoms with Crippen molar-refractivity contribution < 1.29 is 14.3 Å². The van der Waals surface area contributed by atoms with Crippen molar-refractivity contribution in [2.75, 3.05) is 13.3 Å². The van der Waals surface area contributed by atoms with Crippen LogP contribution in [0.25, 0.3) is 0 Å². The molecule has 0 spiro atoms. The monoisotopic (exact) mass is 277 g/mol. The molecule has 0 atom stereocenters. The van der Waals surface area contributed by atoms with Crippen LogP contribution >= 0.6 is 0 Å². The van der Waals surface area contributed by atoms with E-state index in [2.05, 4.69) is 18.3 Å². The van der Waals surface area contributed by atoms with Crippen LogP contribution in [0.15, 0.2) is 18.2 Å². The topological polar surface area (TPSA) is 47.6 Å². The molecule has 0 aliphatic carbocycles. The van der Waals surface area contributed by atoms with E-state index in [0.717, 1.165) is 50.1 Å². The van der Waals surface area contributed by atoms with Crippen molar-refractivity contribution in [3.63, 3.8) is 0 Å². The molecule has 0 unspecified atom stereocenters. The summed E-state index contributed by atoms with van der Waals surface area (Å²) in [5.41, 5.74) is 1.24. The highest BCUT2D eigenvalue weighted by Crippen LogP contribution is 2.32. The zero-order valence-corrected chi connectivity index (χ0v) is 12.1. The molecule has 0 saturated carbocycles. The summed E-state index contributed by atoms with van der Waals surface area (Å²) in [5, 5.41) is 2.94. The highest BCUT2D eigenvalue weighted by atomic mass is 16.7. The Hall–Kier alpha value is -1.71. The second kappa shape index (κ2) is 7.78. The first-order chi connectivity index (χ1) is 9.79. The molecule has 1 aromatic rings. The molecule has 0 radical (unpaired) electrons. The minimum absolute atomic E-state index is 0.170. The van der Waals surface area contributed by atoms with Crippen molar-refractivity contribution in [3.05, 3.63) is 23.8 Å². The molecule has 0 saturated heterocycles. The van der Waals surface area contributed by atoms with Crippen LogP contribution in [0.4, 0.5) is 0 Å². The summed E-state index contributed by atoms with van der Waals surface area (Å²) < 4.78 is 10.6. The van der Waals surface area contributed by atoms with E-state index in [1.165, 1.54) is 5.56 Å². The van der Waals surface area contributed by atoms with Gasteiger partial charge in [0.15, 0.2) is 11.5 Å². The fraction of sp³-hybridized carbons (Fsp3) is 0.562. The summed E-state index contributed by atoms with van der Waals surface area (Å²) in [6.07, 6.45) is 5.70. The second-order valence-corrected chi connectivity index (χ2v) is 5.10. The average Bonchev–Trinajstić information content (AvgIpc) is 2.91. The predicted molar refractivity (Wildman–Crippen MR) is 78.0 cm³/mol. The van der Waals surface area contributed by atoms with Gasteiger partial charge in [-0.05, 0) is 43.4 Å². The number of hydrogen-bond acceptors (Lipinski definition) is 3. The summed E-state index contributed by atoms with van der Waals surface area (Å²) >= 11 is 0. The van der Waals surface area contributed by atoms with Gasteiger partial charge in [0.1, 0.15) is 0 Å². The molecule has 20 heavy (non-hydrogen) atoms. The summed E-state index contributed by atoms with van der Waals surface area (Å²) in [4.78, 5) is 11.5. The van der Waals surface area contributed by atoms with Gasteiger partial charge in [-0.2, -0.15) is 0 Å². The molecule has 1 aliphatic rings. The van der Waals surface area contributed by atoms with E-state index in [1.807, 2.05) is 12.1 Å². The third kappa shape index (κ3) is 4.44. The lowest BCUT2D eigenvalue weighted by Crippen LogP contribution is -2.23. The first-order valence-corrected chi connectivity index (χ1v) is 7.45. The van der Waals surface area contributed by atoms with Gasteiger partial charge in [0.25, 0.3) is 0 Å². The molecule has 4 heteroatoms. The van der Waals surface area contributed by atoms with E-state index >= 15 is 0 Å².